The molecule has 1 amide bonds. The highest BCUT2D eigenvalue weighted by Crippen LogP contribution is 2.22. The van der Waals surface area contributed by atoms with Crippen LogP contribution in [0, 0.1) is 0 Å². The molecule has 0 saturated carbocycles. The number of hydrogen-bond acceptors (Lipinski definition) is 2. The van der Waals surface area contributed by atoms with Crippen LogP contribution in [0.25, 0.3) is 10.8 Å². The summed E-state index contributed by atoms with van der Waals surface area (Å²) in [6, 6.07) is 14.2. The molecule has 31 heavy (non-hydrogen) atoms. The number of carbonyl (C=O) groups excluding carboxylic acids is 1. The van der Waals surface area contributed by atoms with Gasteiger partial charge in [-0.3, -0.25) is 4.79 Å². The molecule has 2 aromatic rings. The van der Waals surface area contributed by atoms with Crippen molar-refractivity contribution >= 4 is 22.4 Å². The van der Waals surface area contributed by atoms with Gasteiger partial charge in [-0.05, 0) is 24.4 Å². The Morgan fingerprint density at radius 3 is 1.87 bits per heavy atom. The molecule has 0 aliphatic carbocycles. The van der Waals surface area contributed by atoms with Gasteiger partial charge in [-0.1, -0.05) is 127 Å². The lowest BCUT2D eigenvalue weighted by molar-refractivity contribution is -0.115. The maximum atomic E-state index is 12.2. The Morgan fingerprint density at radius 1 is 0.677 bits per heavy atom. The lowest BCUT2D eigenvalue weighted by Crippen LogP contribution is -2.28. The highest BCUT2D eigenvalue weighted by atomic mass is 16.1. The second-order valence-electron chi connectivity index (χ2n) is 8.85. The van der Waals surface area contributed by atoms with E-state index in [1.807, 2.05) is 30.3 Å². The first kappa shape index (κ1) is 25.4. The monoisotopic (exact) mass is 424 g/mol. The molecule has 0 saturated heterocycles. The number of amides is 1. The second-order valence-corrected chi connectivity index (χ2v) is 8.85. The SMILES string of the molecule is CCCCCCCCCCCCCCCCNCC(=O)Nc1cccc2ccccc12. The standard InChI is InChI=1S/C28H44N2O/c1-2-3-4-5-6-7-8-9-10-11-12-13-14-17-23-29-24-28(31)30-27-22-18-20-25-19-15-16-21-26(25)27/h15-16,18-22,29H,2-14,17,23-24H2,1H3,(H,30,31). The number of nitrogens with one attached hydrogen (secondary N) is 2. The molecular weight excluding hydrogens is 380 g/mol. The number of hydrogen-bond donors (Lipinski definition) is 2. The third-order valence-electron chi connectivity index (χ3n) is 6.06. The van der Waals surface area contributed by atoms with Crippen LogP contribution in [0.3, 0.4) is 0 Å². The van der Waals surface area contributed by atoms with Crippen LogP contribution in [0.4, 0.5) is 5.69 Å². The summed E-state index contributed by atoms with van der Waals surface area (Å²) in [4.78, 5) is 12.2. The van der Waals surface area contributed by atoms with Crippen molar-refractivity contribution in [3.05, 3.63) is 42.5 Å². The molecule has 2 rings (SSSR count). The summed E-state index contributed by atoms with van der Waals surface area (Å²) >= 11 is 0. The summed E-state index contributed by atoms with van der Waals surface area (Å²) in [5, 5.41) is 8.56. The van der Waals surface area contributed by atoms with E-state index in [1.54, 1.807) is 0 Å². The van der Waals surface area contributed by atoms with E-state index in [-0.39, 0.29) is 5.91 Å². The zero-order chi connectivity index (χ0) is 22.0. The van der Waals surface area contributed by atoms with Gasteiger partial charge >= 0.3 is 0 Å². The summed E-state index contributed by atoms with van der Waals surface area (Å²) in [6.07, 6.45) is 19.2. The molecular formula is C28H44N2O. The quantitative estimate of drug-likeness (QED) is 0.239. The van der Waals surface area contributed by atoms with Crippen molar-refractivity contribution in [2.75, 3.05) is 18.4 Å². The van der Waals surface area contributed by atoms with Crippen LogP contribution in [-0.4, -0.2) is 19.0 Å². The molecule has 0 aliphatic heterocycles. The van der Waals surface area contributed by atoms with Crippen LogP contribution >= 0.6 is 0 Å². The second kappa shape index (κ2) is 16.8. The average molecular weight is 425 g/mol. The van der Waals surface area contributed by atoms with Crippen molar-refractivity contribution in [3.63, 3.8) is 0 Å². The third-order valence-corrected chi connectivity index (χ3v) is 6.06. The van der Waals surface area contributed by atoms with E-state index in [0.29, 0.717) is 6.54 Å². The minimum absolute atomic E-state index is 0.0294. The molecule has 0 heterocycles. The Labute approximate surface area is 190 Å². The fourth-order valence-corrected chi connectivity index (χ4v) is 4.18. The van der Waals surface area contributed by atoms with Gasteiger partial charge in [0.1, 0.15) is 0 Å². The molecule has 0 bridgehead atoms. The lowest BCUT2D eigenvalue weighted by Gasteiger charge is -2.09. The van der Waals surface area contributed by atoms with Crippen molar-refractivity contribution < 1.29 is 4.79 Å². The highest BCUT2D eigenvalue weighted by molar-refractivity contribution is 6.02. The van der Waals surface area contributed by atoms with Gasteiger partial charge in [0.25, 0.3) is 0 Å². The van der Waals surface area contributed by atoms with Crippen molar-refractivity contribution in [2.24, 2.45) is 0 Å². The minimum atomic E-state index is 0.0294. The van der Waals surface area contributed by atoms with E-state index < -0.39 is 0 Å². The summed E-state index contributed by atoms with van der Waals surface area (Å²) in [5.74, 6) is 0.0294. The molecule has 0 aromatic heterocycles. The zero-order valence-corrected chi connectivity index (χ0v) is 19.8. The van der Waals surface area contributed by atoms with Crippen molar-refractivity contribution in [2.45, 2.75) is 96.8 Å². The lowest BCUT2D eigenvalue weighted by atomic mass is 10.0. The molecule has 3 heteroatoms. The van der Waals surface area contributed by atoms with Crippen LogP contribution in [0.1, 0.15) is 96.8 Å². The van der Waals surface area contributed by atoms with Crippen molar-refractivity contribution in [1.82, 2.24) is 5.32 Å². The number of anilines is 1. The summed E-state index contributed by atoms with van der Waals surface area (Å²) in [5.41, 5.74) is 0.890. The van der Waals surface area contributed by atoms with Gasteiger partial charge in [0.05, 0.1) is 6.54 Å². The molecule has 172 valence electrons. The van der Waals surface area contributed by atoms with E-state index >= 15 is 0 Å². The third kappa shape index (κ3) is 11.4. The minimum Gasteiger partial charge on any atom is -0.324 e. The highest BCUT2D eigenvalue weighted by Gasteiger charge is 2.05. The number of fused-ring (bicyclic) bond motifs is 1. The normalized spacial score (nSPS) is 11.1. The first-order valence-corrected chi connectivity index (χ1v) is 12.8. The number of rotatable bonds is 18. The first-order chi connectivity index (χ1) is 15.3. The zero-order valence-electron chi connectivity index (χ0n) is 19.8. The Balaban J connectivity index is 1.39. The molecule has 0 radical (unpaired) electrons. The van der Waals surface area contributed by atoms with Gasteiger partial charge in [0.15, 0.2) is 0 Å². The largest absolute Gasteiger partial charge is 0.324 e. The number of unbranched alkanes of at least 4 members (excludes halogenated alkanes) is 13. The van der Waals surface area contributed by atoms with Crippen molar-refractivity contribution in [1.29, 1.82) is 0 Å². The predicted molar refractivity (Wildman–Crippen MR) is 136 cm³/mol. The fourth-order valence-electron chi connectivity index (χ4n) is 4.18. The molecule has 2 aromatic carbocycles. The molecule has 0 atom stereocenters. The van der Waals surface area contributed by atoms with Gasteiger partial charge in [-0.25, -0.2) is 0 Å². The van der Waals surface area contributed by atoms with Crippen LogP contribution < -0.4 is 10.6 Å². The average Bonchev–Trinajstić information content (AvgIpc) is 2.79. The topological polar surface area (TPSA) is 41.1 Å². The molecule has 0 spiro atoms. The summed E-state index contributed by atoms with van der Waals surface area (Å²) in [6.45, 7) is 3.58. The predicted octanol–water partition coefficient (Wildman–Crippen LogP) is 7.85. The Bertz CT molecular complexity index is 723. The van der Waals surface area contributed by atoms with Gasteiger partial charge in [-0.15, -0.1) is 0 Å². The molecule has 0 fully saturated rings. The van der Waals surface area contributed by atoms with Gasteiger partial charge in [-0.2, -0.15) is 0 Å². The smallest absolute Gasteiger partial charge is 0.238 e. The van der Waals surface area contributed by atoms with E-state index in [9.17, 15) is 4.79 Å². The van der Waals surface area contributed by atoms with E-state index in [0.717, 1.165) is 29.4 Å². The van der Waals surface area contributed by atoms with Crippen molar-refractivity contribution in [3.8, 4) is 0 Å². The van der Waals surface area contributed by atoms with Crippen LogP contribution in [0.2, 0.25) is 0 Å². The Kier molecular flexibility index (Phi) is 13.7. The van der Waals surface area contributed by atoms with Crippen LogP contribution in [0.5, 0.6) is 0 Å². The summed E-state index contributed by atoms with van der Waals surface area (Å²) < 4.78 is 0. The van der Waals surface area contributed by atoms with Gasteiger partial charge in [0.2, 0.25) is 5.91 Å². The summed E-state index contributed by atoms with van der Waals surface area (Å²) in [7, 11) is 0. The van der Waals surface area contributed by atoms with Crippen LogP contribution in [0.15, 0.2) is 42.5 Å². The van der Waals surface area contributed by atoms with Gasteiger partial charge in [0, 0.05) is 11.1 Å². The first-order valence-electron chi connectivity index (χ1n) is 12.8. The molecule has 0 unspecified atom stereocenters. The maximum Gasteiger partial charge on any atom is 0.238 e. The maximum absolute atomic E-state index is 12.2. The van der Waals surface area contributed by atoms with E-state index in [1.165, 1.54) is 83.5 Å². The van der Waals surface area contributed by atoms with Gasteiger partial charge < -0.3 is 10.6 Å². The number of carbonyl (C=O) groups is 1. The Morgan fingerprint density at radius 2 is 1.23 bits per heavy atom. The number of benzene rings is 2. The van der Waals surface area contributed by atoms with E-state index in [4.69, 9.17) is 0 Å². The fraction of sp³-hybridized carbons (Fsp3) is 0.607. The molecule has 2 N–H and O–H groups in total. The molecule has 0 aliphatic rings. The molecule has 3 nitrogen and oxygen atoms in total. The Hall–Kier alpha value is -1.87. The van der Waals surface area contributed by atoms with Crippen LogP contribution in [-0.2, 0) is 4.79 Å². The van der Waals surface area contributed by atoms with E-state index in [2.05, 4.69) is 29.7 Å².